The molecular formula is C12H21ClN2. The van der Waals surface area contributed by atoms with Crippen molar-refractivity contribution >= 4 is 11.6 Å². The molecule has 1 aromatic rings. The van der Waals surface area contributed by atoms with E-state index in [4.69, 9.17) is 11.6 Å². The zero-order chi connectivity index (χ0) is 11.1. The van der Waals surface area contributed by atoms with Gasteiger partial charge in [-0.15, -0.1) is 11.6 Å². The van der Waals surface area contributed by atoms with Crippen molar-refractivity contribution in [3.63, 3.8) is 0 Å². The van der Waals surface area contributed by atoms with Gasteiger partial charge in [-0.25, -0.2) is 4.98 Å². The molecule has 1 atom stereocenters. The van der Waals surface area contributed by atoms with Gasteiger partial charge in [-0.1, -0.05) is 33.1 Å². The predicted octanol–water partition coefficient (Wildman–Crippen LogP) is 3.84. The van der Waals surface area contributed by atoms with E-state index < -0.39 is 0 Å². The fourth-order valence-corrected chi connectivity index (χ4v) is 1.93. The first-order valence-electron chi connectivity index (χ1n) is 5.86. The van der Waals surface area contributed by atoms with Crippen LogP contribution >= 0.6 is 11.6 Å². The normalized spacial score (nSPS) is 13.0. The van der Waals surface area contributed by atoms with Crippen LogP contribution in [-0.2, 0) is 12.4 Å². The molecule has 0 aliphatic heterocycles. The predicted molar refractivity (Wildman–Crippen MR) is 65.1 cm³/mol. The minimum absolute atomic E-state index is 0.513. The minimum Gasteiger partial charge on any atom is -0.337 e. The van der Waals surface area contributed by atoms with Gasteiger partial charge in [0, 0.05) is 12.7 Å². The van der Waals surface area contributed by atoms with E-state index in [1.165, 1.54) is 25.7 Å². The van der Waals surface area contributed by atoms with Crippen molar-refractivity contribution in [1.29, 1.82) is 0 Å². The lowest BCUT2D eigenvalue weighted by Gasteiger charge is -2.14. The van der Waals surface area contributed by atoms with Gasteiger partial charge < -0.3 is 4.57 Å². The maximum atomic E-state index is 5.72. The van der Waals surface area contributed by atoms with Crippen LogP contribution in [0.1, 0.15) is 45.2 Å². The Morgan fingerprint density at radius 3 is 2.80 bits per heavy atom. The summed E-state index contributed by atoms with van der Waals surface area (Å²) < 4.78 is 2.17. The van der Waals surface area contributed by atoms with Crippen LogP contribution in [-0.4, -0.2) is 9.55 Å². The molecule has 1 aromatic heterocycles. The van der Waals surface area contributed by atoms with E-state index >= 15 is 0 Å². The Morgan fingerprint density at radius 2 is 2.27 bits per heavy atom. The second-order valence-electron chi connectivity index (χ2n) is 4.11. The Hall–Kier alpha value is -0.500. The van der Waals surface area contributed by atoms with Gasteiger partial charge in [0.25, 0.3) is 0 Å². The topological polar surface area (TPSA) is 17.8 Å². The molecule has 2 nitrogen and oxygen atoms in total. The standard InChI is InChI=1S/C12H21ClN2/c1-3-5-6-11(4-2)8-15-9-12(7-13)14-10-15/h9-11H,3-8H2,1-2H3. The molecule has 0 saturated carbocycles. The summed E-state index contributed by atoms with van der Waals surface area (Å²) in [5, 5.41) is 0. The highest BCUT2D eigenvalue weighted by molar-refractivity contribution is 6.16. The molecule has 1 unspecified atom stereocenters. The number of imidazole rings is 1. The number of nitrogens with zero attached hydrogens (tertiary/aromatic N) is 2. The molecule has 0 amide bonds. The summed E-state index contributed by atoms with van der Waals surface area (Å²) in [5.74, 6) is 1.29. The summed E-state index contributed by atoms with van der Waals surface area (Å²) in [5.41, 5.74) is 0.974. The average molecular weight is 229 g/mol. The Balaban J connectivity index is 2.43. The van der Waals surface area contributed by atoms with Crippen LogP contribution in [0.2, 0.25) is 0 Å². The molecule has 0 bridgehead atoms. The quantitative estimate of drug-likeness (QED) is 0.649. The number of alkyl halides is 1. The van der Waals surface area contributed by atoms with Crippen LogP contribution in [0.5, 0.6) is 0 Å². The smallest absolute Gasteiger partial charge is 0.0950 e. The van der Waals surface area contributed by atoms with Gasteiger partial charge in [0.05, 0.1) is 17.9 Å². The molecule has 0 spiro atoms. The van der Waals surface area contributed by atoms with Crippen LogP contribution in [0.3, 0.4) is 0 Å². The van der Waals surface area contributed by atoms with Crippen LogP contribution in [0.25, 0.3) is 0 Å². The SMILES string of the molecule is CCCCC(CC)Cn1cnc(CCl)c1. The summed E-state index contributed by atoms with van der Waals surface area (Å²) in [4.78, 5) is 4.23. The molecule has 3 heteroatoms. The van der Waals surface area contributed by atoms with Gasteiger partial charge in [-0.3, -0.25) is 0 Å². The highest BCUT2D eigenvalue weighted by Gasteiger charge is 2.07. The monoisotopic (exact) mass is 228 g/mol. The summed E-state index contributed by atoms with van der Waals surface area (Å²) in [7, 11) is 0. The van der Waals surface area contributed by atoms with E-state index in [0.29, 0.717) is 5.88 Å². The van der Waals surface area contributed by atoms with Crippen molar-refractivity contribution in [2.45, 2.75) is 52.0 Å². The maximum absolute atomic E-state index is 5.72. The summed E-state index contributed by atoms with van der Waals surface area (Å²) in [6.45, 7) is 5.59. The summed E-state index contributed by atoms with van der Waals surface area (Å²) in [6, 6.07) is 0. The lowest BCUT2D eigenvalue weighted by molar-refractivity contribution is 0.390. The van der Waals surface area contributed by atoms with E-state index in [2.05, 4.69) is 29.6 Å². The van der Waals surface area contributed by atoms with E-state index in [-0.39, 0.29) is 0 Å². The summed E-state index contributed by atoms with van der Waals surface area (Å²) >= 11 is 5.72. The fourth-order valence-electron chi connectivity index (χ4n) is 1.79. The van der Waals surface area contributed by atoms with Gasteiger partial charge in [0.2, 0.25) is 0 Å². The summed E-state index contributed by atoms with van der Waals surface area (Å²) in [6.07, 6.45) is 9.13. The lowest BCUT2D eigenvalue weighted by atomic mass is 9.99. The van der Waals surface area contributed by atoms with E-state index in [1.807, 2.05) is 6.33 Å². The highest BCUT2D eigenvalue weighted by Crippen LogP contribution is 2.15. The van der Waals surface area contributed by atoms with Crippen LogP contribution in [0.15, 0.2) is 12.5 Å². The van der Waals surface area contributed by atoms with Gasteiger partial charge in [0.15, 0.2) is 0 Å². The minimum atomic E-state index is 0.513. The number of rotatable bonds is 7. The molecule has 0 aliphatic carbocycles. The Labute approximate surface area is 97.7 Å². The first-order chi connectivity index (χ1) is 7.30. The van der Waals surface area contributed by atoms with Gasteiger partial charge in [-0.2, -0.15) is 0 Å². The molecule has 15 heavy (non-hydrogen) atoms. The highest BCUT2D eigenvalue weighted by atomic mass is 35.5. The van der Waals surface area contributed by atoms with Crippen molar-refractivity contribution in [3.8, 4) is 0 Å². The first-order valence-corrected chi connectivity index (χ1v) is 6.40. The third kappa shape index (κ3) is 4.25. The van der Waals surface area contributed by atoms with E-state index in [9.17, 15) is 0 Å². The van der Waals surface area contributed by atoms with Crippen LogP contribution < -0.4 is 0 Å². The zero-order valence-corrected chi connectivity index (χ0v) is 10.5. The molecule has 0 N–H and O–H groups in total. The number of halogens is 1. The molecule has 1 rings (SSSR count). The van der Waals surface area contributed by atoms with Crippen molar-refractivity contribution in [2.24, 2.45) is 5.92 Å². The van der Waals surface area contributed by atoms with Crippen molar-refractivity contribution < 1.29 is 0 Å². The van der Waals surface area contributed by atoms with Crippen molar-refractivity contribution in [1.82, 2.24) is 9.55 Å². The van der Waals surface area contributed by atoms with E-state index in [0.717, 1.165) is 18.2 Å². The van der Waals surface area contributed by atoms with Crippen molar-refractivity contribution in [2.75, 3.05) is 0 Å². The third-order valence-electron chi connectivity index (χ3n) is 2.84. The van der Waals surface area contributed by atoms with E-state index in [1.54, 1.807) is 0 Å². The van der Waals surface area contributed by atoms with Crippen LogP contribution in [0.4, 0.5) is 0 Å². The molecule has 86 valence electrons. The molecule has 1 heterocycles. The molecule has 0 aliphatic rings. The third-order valence-corrected chi connectivity index (χ3v) is 3.11. The number of unbranched alkanes of at least 4 members (excludes halogenated alkanes) is 1. The second kappa shape index (κ2) is 6.89. The first kappa shape index (κ1) is 12.6. The average Bonchev–Trinajstić information content (AvgIpc) is 2.71. The fraction of sp³-hybridized carbons (Fsp3) is 0.750. The van der Waals surface area contributed by atoms with Gasteiger partial charge in [-0.05, 0) is 12.3 Å². The lowest BCUT2D eigenvalue weighted by Crippen LogP contribution is -2.08. The second-order valence-corrected chi connectivity index (χ2v) is 4.38. The number of aromatic nitrogens is 2. The number of hydrogen-bond acceptors (Lipinski definition) is 1. The molecule has 0 aromatic carbocycles. The Kier molecular flexibility index (Phi) is 5.77. The zero-order valence-electron chi connectivity index (χ0n) is 9.75. The van der Waals surface area contributed by atoms with Gasteiger partial charge in [0.1, 0.15) is 0 Å². The van der Waals surface area contributed by atoms with Crippen LogP contribution in [0, 0.1) is 5.92 Å². The van der Waals surface area contributed by atoms with Gasteiger partial charge >= 0.3 is 0 Å². The molecule has 0 saturated heterocycles. The molecule has 0 fully saturated rings. The Morgan fingerprint density at radius 1 is 1.47 bits per heavy atom. The number of hydrogen-bond donors (Lipinski definition) is 0. The van der Waals surface area contributed by atoms with Crippen molar-refractivity contribution in [3.05, 3.63) is 18.2 Å². The molecular weight excluding hydrogens is 208 g/mol. The molecule has 0 radical (unpaired) electrons. The largest absolute Gasteiger partial charge is 0.337 e. The Bertz CT molecular complexity index is 270. The maximum Gasteiger partial charge on any atom is 0.0950 e.